The van der Waals surface area contributed by atoms with Crippen LogP contribution in [-0.4, -0.2) is 22.4 Å². The van der Waals surface area contributed by atoms with Crippen LogP contribution in [0.4, 0.5) is 10.5 Å². The summed E-state index contributed by atoms with van der Waals surface area (Å²) in [5.41, 5.74) is 3.35. The number of aryl methyl sites for hydroxylation is 1. The number of halogens is 1. The standard InChI is InChI=1S/C23H24BrN3O3/c1-14-11-16(15(2)26(14)18-8-4-3-5-9-18)12-20-21(28)25-23(30)27(22(20)29)19-10-6-7-17(24)13-19/h6-7,10-13,18H,3-5,8-9H2,1-2H3,(H,25,28,30)/b20-12-. The van der Waals surface area contributed by atoms with Gasteiger partial charge in [-0.15, -0.1) is 0 Å². The van der Waals surface area contributed by atoms with E-state index in [-0.39, 0.29) is 5.57 Å². The molecule has 30 heavy (non-hydrogen) atoms. The molecule has 2 aliphatic rings. The largest absolute Gasteiger partial charge is 0.346 e. The van der Waals surface area contributed by atoms with Crippen molar-refractivity contribution < 1.29 is 14.4 Å². The number of hydrogen-bond acceptors (Lipinski definition) is 3. The van der Waals surface area contributed by atoms with Crippen molar-refractivity contribution in [1.82, 2.24) is 9.88 Å². The van der Waals surface area contributed by atoms with Crippen molar-refractivity contribution in [2.75, 3.05) is 4.90 Å². The Morgan fingerprint density at radius 3 is 2.50 bits per heavy atom. The Hall–Kier alpha value is -2.67. The smallest absolute Gasteiger partial charge is 0.335 e. The van der Waals surface area contributed by atoms with Gasteiger partial charge in [0.1, 0.15) is 5.57 Å². The summed E-state index contributed by atoms with van der Waals surface area (Å²) in [7, 11) is 0. The Morgan fingerprint density at radius 1 is 1.07 bits per heavy atom. The maximum absolute atomic E-state index is 13.1. The van der Waals surface area contributed by atoms with Gasteiger partial charge in [0.15, 0.2) is 0 Å². The minimum Gasteiger partial charge on any atom is -0.346 e. The Bertz CT molecular complexity index is 1060. The summed E-state index contributed by atoms with van der Waals surface area (Å²) >= 11 is 3.35. The van der Waals surface area contributed by atoms with E-state index in [1.54, 1.807) is 30.3 Å². The van der Waals surface area contributed by atoms with Gasteiger partial charge in [0.05, 0.1) is 5.69 Å². The van der Waals surface area contributed by atoms with E-state index in [2.05, 4.69) is 32.7 Å². The number of barbiturate groups is 1. The molecule has 1 aromatic heterocycles. The van der Waals surface area contributed by atoms with E-state index in [0.29, 0.717) is 11.7 Å². The van der Waals surface area contributed by atoms with Gasteiger partial charge in [-0.2, -0.15) is 0 Å². The fraction of sp³-hybridized carbons (Fsp3) is 0.348. The molecule has 2 heterocycles. The third-order valence-corrected chi connectivity index (χ3v) is 6.42. The van der Waals surface area contributed by atoms with E-state index in [1.165, 1.54) is 19.3 Å². The monoisotopic (exact) mass is 469 g/mol. The van der Waals surface area contributed by atoms with E-state index in [0.717, 1.165) is 39.2 Å². The van der Waals surface area contributed by atoms with Crippen molar-refractivity contribution >= 4 is 45.5 Å². The molecule has 1 aliphatic carbocycles. The maximum atomic E-state index is 13.1. The summed E-state index contributed by atoms with van der Waals surface area (Å²) in [6.45, 7) is 4.08. The topological polar surface area (TPSA) is 71.4 Å². The van der Waals surface area contributed by atoms with Crippen LogP contribution < -0.4 is 10.2 Å². The van der Waals surface area contributed by atoms with Crippen molar-refractivity contribution in [1.29, 1.82) is 0 Å². The molecule has 0 atom stereocenters. The third-order valence-electron chi connectivity index (χ3n) is 5.93. The van der Waals surface area contributed by atoms with Gasteiger partial charge in [0.25, 0.3) is 11.8 Å². The fourth-order valence-electron chi connectivity index (χ4n) is 4.51. The SMILES string of the molecule is Cc1cc(/C=C2/C(=O)NC(=O)N(c3cccc(Br)c3)C2=O)c(C)n1C1CCCCC1. The molecule has 0 unspecified atom stereocenters. The highest BCUT2D eigenvalue weighted by atomic mass is 79.9. The quantitative estimate of drug-likeness (QED) is 0.505. The Balaban J connectivity index is 1.71. The van der Waals surface area contributed by atoms with Gasteiger partial charge in [-0.1, -0.05) is 41.3 Å². The zero-order chi connectivity index (χ0) is 21.4. The van der Waals surface area contributed by atoms with Crippen molar-refractivity contribution in [2.24, 2.45) is 0 Å². The lowest BCUT2D eigenvalue weighted by molar-refractivity contribution is -0.122. The number of anilines is 1. The molecule has 1 aliphatic heterocycles. The first-order valence-electron chi connectivity index (χ1n) is 10.2. The second-order valence-electron chi connectivity index (χ2n) is 7.93. The van der Waals surface area contributed by atoms with E-state index in [4.69, 9.17) is 0 Å². The molecule has 1 saturated heterocycles. The summed E-state index contributed by atoms with van der Waals surface area (Å²) in [4.78, 5) is 39.0. The summed E-state index contributed by atoms with van der Waals surface area (Å²) in [5.74, 6) is -1.29. The third kappa shape index (κ3) is 3.74. The van der Waals surface area contributed by atoms with Gasteiger partial charge in [-0.25, -0.2) is 9.69 Å². The van der Waals surface area contributed by atoms with Crippen LogP contribution in [0.1, 0.15) is 55.1 Å². The lowest BCUT2D eigenvalue weighted by Crippen LogP contribution is -2.54. The number of rotatable bonds is 3. The number of imide groups is 2. The van der Waals surface area contributed by atoms with Crippen LogP contribution in [0.25, 0.3) is 6.08 Å². The molecule has 156 valence electrons. The zero-order valence-corrected chi connectivity index (χ0v) is 18.7. The molecule has 6 nitrogen and oxygen atoms in total. The van der Waals surface area contributed by atoms with Crippen molar-refractivity contribution in [3.05, 3.63) is 57.3 Å². The van der Waals surface area contributed by atoms with E-state index in [9.17, 15) is 14.4 Å². The van der Waals surface area contributed by atoms with Crippen LogP contribution in [0.15, 0.2) is 40.4 Å². The van der Waals surface area contributed by atoms with Crippen LogP contribution in [0.3, 0.4) is 0 Å². The summed E-state index contributed by atoms with van der Waals surface area (Å²) in [6, 6.07) is 8.59. The first-order valence-corrected chi connectivity index (χ1v) is 11.0. The second kappa shape index (κ2) is 8.22. The van der Waals surface area contributed by atoms with Gasteiger partial charge in [-0.05, 0) is 62.6 Å². The van der Waals surface area contributed by atoms with E-state index >= 15 is 0 Å². The van der Waals surface area contributed by atoms with E-state index in [1.807, 2.05) is 13.0 Å². The molecule has 2 fully saturated rings. The predicted octanol–water partition coefficient (Wildman–Crippen LogP) is 5.04. The molecule has 1 aromatic carbocycles. The van der Waals surface area contributed by atoms with Gasteiger partial charge in [0, 0.05) is 21.9 Å². The molecular formula is C23H24BrN3O3. The first-order chi connectivity index (χ1) is 14.4. The van der Waals surface area contributed by atoms with Gasteiger partial charge in [0.2, 0.25) is 0 Å². The first kappa shape index (κ1) is 20.6. The van der Waals surface area contributed by atoms with Gasteiger partial charge in [-0.3, -0.25) is 14.9 Å². The summed E-state index contributed by atoms with van der Waals surface area (Å²) in [6.07, 6.45) is 7.64. The number of amides is 4. The average molecular weight is 470 g/mol. The predicted molar refractivity (Wildman–Crippen MR) is 119 cm³/mol. The lowest BCUT2D eigenvalue weighted by atomic mass is 9.95. The molecule has 1 saturated carbocycles. The fourth-order valence-corrected chi connectivity index (χ4v) is 4.90. The Morgan fingerprint density at radius 2 is 1.80 bits per heavy atom. The van der Waals surface area contributed by atoms with Crippen LogP contribution in [0.5, 0.6) is 0 Å². The number of benzene rings is 1. The van der Waals surface area contributed by atoms with Crippen LogP contribution in [-0.2, 0) is 9.59 Å². The van der Waals surface area contributed by atoms with E-state index < -0.39 is 17.8 Å². The highest BCUT2D eigenvalue weighted by molar-refractivity contribution is 9.10. The van der Waals surface area contributed by atoms with Crippen molar-refractivity contribution in [3.63, 3.8) is 0 Å². The molecule has 0 spiro atoms. The number of carbonyl (C=O) groups excluding carboxylic acids is 3. The lowest BCUT2D eigenvalue weighted by Gasteiger charge is -2.27. The zero-order valence-electron chi connectivity index (χ0n) is 17.1. The highest BCUT2D eigenvalue weighted by Crippen LogP contribution is 2.33. The maximum Gasteiger partial charge on any atom is 0.335 e. The summed E-state index contributed by atoms with van der Waals surface area (Å²) in [5, 5.41) is 2.29. The van der Waals surface area contributed by atoms with Crippen molar-refractivity contribution in [3.8, 4) is 0 Å². The highest BCUT2D eigenvalue weighted by Gasteiger charge is 2.37. The van der Waals surface area contributed by atoms with Crippen LogP contribution in [0.2, 0.25) is 0 Å². The normalized spacial score (nSPS) is 19.5. The van der Waals surface area contributed by atoms with Gasteiger partial charge < -0.3 is 4.57 Å². The number of aromatic nitrogens is 1. The molecule has 1 N–H and O–H groups in total. The average Bonchev–Trinajstić information content (AvgIpc) is 2.99. The molecule has 0 radical (unpaired) electrons. The molecule has 7 heteroatoms. The van der Waals surface area contributed by atoms with Crippen molar-refractivity contribution in [2.45, 2.75) is 52.0 Å². The molecule has 4 rings (SSSR count). The summed E-state index contributed by atoms with van der Waals surface area (Å²) < 4.78 is 3.06. The second-order valence-corrected chi connectivity index (χ2v) is 8.84. The molecule has 2 aromatic rings. The Kier molecular flexibility index (Phi) is 5.64. The molecule has 0 bridgehead atoms. The van der Waals surface area contributed by atoms with Gasteiger partial charge >= 0.3 is 6.03 Å². The molecule has 4 amide bonds. The number of nitrogens with zero attached hydrogens (tertiary/aromatic N) is 2. The molecular weight excluding hydrogens is 446 g/mol. The number of nitrogens with one attached hydrogen (secondary N) is 1. The Labute approximate surface area is 184 Å². The number of carbonyl (C=O) groups is 3. The minimum atomic E-state index is -0.743. The minimum absolute atomic E-state index is 0.0431. The van der Waals surface area contributed by atoms with Crippen LogP contribution in [0, 0.1) is 13.8 Å². The van der Waals surface area contributed by atoms with Crippen LogP contribution >= 0.6 is 15.9 Å². The number of urea groups is 1. The number of hydrogen-bond donors (Lipinski definition) is 1.